The minimum atomic E-state index is -1.26. The first-order valence-electron chi connectivity index (χ1n) is 15.2. The molecule has 2 N–H and O–H groups in total. The molecule has 234 valence electrons. The summed E-state index contributed by atoms with van der Waals surface area (Å²) in [7, 11) is 2.05. The van der Waals surface area contributed by atoms with E-state index in [0.717, 1.165) is 29.8 Å². The fourth-order valence-corrected chi connectivity index (χ4v) is 7.42. The molecule has 1 saturated heterocycles. The van der Waals surface area contributed by atoms with Gasteiger partial charge in [-0.25, -0.2) is 4.79 Å². The third-order valence-corrected chi connectivity index (χ3v) is 9.38. The zero-order valence-electron chi connectivity index (χ0n) is 25.8. The maximum Gasteiger partial charge on any atom is 0.509 e. The van der Waals surface area contributed by atoms with Crippen molar-refractivity contribution >= 4 is 18.0 Å². The number of hydrogen-bond acceptors (Lipinski definition) is 9. The van der Waals surface area contributed by atoms with Crippen molar-refractivity contribution in [1.29, 1.82) is 0 Å². The molecule has 2 aliphatic heterocycles. The highest BCUT2D eigenvalue weighted by Gasteiger charge is 2.71. The Labute approximate surface area is 257 Å². The molecule has 1 fully saturated rings. The SMILES string of the molecule is Cc1ccc2c3c1O[C@H]1C(OC(=O)CCNC(=O)[C@@H](OC(=O)OC(C)(C)C)c4ccccc4)=CC[C@@]4(O)[C@@H](C2)N(C)CC[C@]314. The lowest BCUT2D eigenvalue weighted by atomic mass is 9.50. The number of benzene rings is 2. The number of aryl methyl sites for hydroxylation is 1. The van der Waals surface area contributed by atoms with Crippen LogP contribution in [0.2, 0.25) is 0 Å². The highest BCUT2D eigenvalue weighted by molar-refractivity contribution is 5.84. The number of aliphatic hydroxyl groups is 1. The lowest BCUT2D eigenvalue weighted by molar-refractivity contribution is -0.169. The van der Waals surface area contributed by atoms with Crippen molar-refractivity contribution in [3.63, 3.8) is 0 Å². The number of nitrogens with one attached hydrogen (secondary N) is 1. The van der Waals surface area contributed by atoms with Gasteiger partial charge in [-0.3, -0.25) is 9.59 Å². The smallest absolute Gasteiger partial charge is 0.481 e. The van der Waals surface area contributed by atoms with Crippen LogP contribution in [0, 0.1) is 6.92 Å². The molecule has 2 bridgehead atoms. The number of likely N-dealkylation sites (N-methyl/N-ethyl adjacent to an activating group) is 1. The first-order valence-corrected chi connectivity index (χ1v) is 15.2. The van der Waals surface area contributed by atoms with Crippen LogP contribution in [0.5, 0.6) is 5.75 Å². The molecular formula is C34H40N2O8. The van der Waals surface area contributed by atoms with Crippen molar-refractivity contribution in [2.45, 2.75) is 88.2 Å². The largest absolute Gasteiger partial charge is 0.509 e. The Morgan fingerprint density at radius 2 is 1.91 bits per heavy atom. The van der Waals surface area contributed by atoms with Crippen LogP contribution in [-0.2, 0) is 35.6 Å². The predicted molar refractivity (Wildman–Crippen MR) is 160 cm³/mol. The summed E-state index contributed by atoms with van der Waals surface area (Å²) in [5.41, 5.74) is 1.13. The normalized spacial score (nSPS) is 27.3. The quantitative estimate of drug-likeness (QED) is 0.451. The minimum absolute atomic E-state index is 0.0388. The highest BCUT2D eigenvalue weighted by Crippen LogP contribution is 2.64. The van der Waals surface area contributed by atoms with Crippen LogP contribution in [0.15, 0.2) is 54.3 Å². The molecular weight excluding hydrogens is 564 g/mol. The van der Waals surface area contributed by atoms with Gasteiger partial charge in [0, 0.05) is 30.1 Å². The van der Waals surface area contributed by atoms with Crippen LogP contribution in [0.1, 0.15) is 68.4 Å². The number of nitrogens with zero attached hydrogens (tertiary/aromatic N) is 1. The summed E-state index contributed by atoms with van der Waals surface area (Å²) in [5.74, 6) is 0.0440. The molecule has 0 radical (unpaired) electrons. The zero-order valence-corrected chi connectivity index (χ0v) is 25.8. The molecule has 6 rings (SSSR count). The van der Waals surface area contributed by atoms with E-state index in [1.807, 2.05) is 6.92 Å². The number of ether oxygens (including phenoxy) is 4. The topological polar surface area (TPSA) is 124 Å². The van der Waals surface area contributed by atoms with Crippen LogP contribution in [0.25, 0.3) is 0 Å². The Morgan fingerprint density at radius 1 is 1.16 bits per heavy atom. The van der Waals surface area contributed by atoms with Crippen molar-refractivity contribution in [2.75, 3.05) is 20.1 Å². The van der Waals surface area contributed by atoms with Gasteiger partial charge in [0.1, 0.15) is 17.1 Å². The summed E-state index contributed by atoms with van der Waals surface area (Å²) in [6.45, 7) is 7.86. The molecule has 1 spiro atoms. The maximum atomic E-state index is 13.1. The summed E-state index contributed by atoms with van der Waals surface area (Å²) in [6.07, 6.45) is 0.559. The Kier molecular flexibility index (Phi) is 7.49. The lowest BCUT2D eigenvalue weighted by Gasteiger charge is -2.61. The number of amides is 1. The van der Waals surface area contributed by atoms with E-state index in [9.17, 15) is 19.5 Å². The van der Waals surface area contributed by atoms with Gasteiger partial charge < -0.3 is 34.3 Å². The van der Waals surface area contributed by atoms with E-state index < -0.39 is 46.9 Å². The number of rotatable bonds is 7. The van der Waals surface area contributed by atoms with E-state index in [1.165, 1.54) is 5.56 Å². The van der Waals surface area contributed by atoms with Crippen LogP contribution < -0.4 is 10.1 Å². The van der Waals surface area contributed by atoms with E-state index in [-0.39, 0.29) is 19.0 Å². The van der Waals surface area contributed by atoms with Crippen molar-refractivity contribution in [2.24, 2.45) is 0 Å². The molecule has 1 amide bonds. The Morgan fingerprint density at radius 3 is 2.64 bits per heavy atom. The molecule has 2 aromatic rings. The van der Waals surface area contributed by atoms with Crippen molar-refractivity contribution in [3.05, 3.63) is 76.6 Å². The van der Waals surface area contributed by atoms with Crippen molar-refractivity contribution in [1.82, 2.24) is 10.2 Å². The molecule has 0 unspecified atom stereocenters. The summed E-state index contributed by atoms with van der Waals surface area (Å²) in [4.78, 5) is 40.8. The van der Waals surface area contributed by atoms with Gasteiger partial charge in [0.2, 0.25) is 6.10 Å². The third kappa shape index (κ3) is 4.94. The molecule has 4 aliphatic rings. The number of carbonyl (C=O) groups is 3. The first-order chi connectivity index (χ1) is 20.8. The number of likely N-dealkylation sites (tertiary alicyclic amines) is 1. The Balaban J connectivity index is 1.14. The molecule has 2 aliphatic carbocycles. The van der Waals surface area contributed by atoms with Crippen LogP contribution >= 0.6 is 0 Å². The van der Waals surface area contributed by atoms with Crippen molar-refractivity contribution < 1.29 is 38.4 Å². The monoisotopic (exact) mass is 604 g/mol. The summed E-state index contributed by atoms with van der Waals surface area (Å²) < 4.78 is 23.1. The average molecular weight is 605 g/mol. The van der Waals surface area contributed by atoms with Gasteiger partial charge in [-0.15, -0.1) is 0 Å². The second-order valence-electron chi connectivity index (χ2n) is 13.3. The van der Waals surface area contributed by atoms with Crippen molar-refractivity contribution in [3.8, 4) is 5.75 Å². The molecule has 44 heavy (non-hydrogen) atoms. The van der Waals surface area contributed by atoms with Gasteiger partial charge in [0.25, 0.3) is 5.91 Å². The summed E-state index contributed by atoms with van der Waals surface area (Å²) in [6, 6.07) is 12.7. The fraction of sp³-hybridized carbons (Fsp3) is 0.500. The molecule has 0 saturated carbocycles. The Bertz CT molecular complexity index is 1520. The van der Waals surface area contributed by atoms with E-state index >= 15 is 0 Å². The second kappa shape index (κ2) is 10.9. The van der Waals surface area contributed by atoms with Gasteiger partial charge in [-0.05, 0) is 71.3 Å². The number of carbonyl (C=O) groups excluding carboxylic acids is 3. The number of hydrogen-bond donors (Lipinski definition) is 2. The van der Waals surface area contributed by atoms with Crippen LogP contribution in [-0.4, -0.2) is 71.5 Å². The van der Waals surface area contributed by atoms with Gasteiger partial charge in [-0.2, -0.15) is 0 Å². The van der Waals surface area contributed by atoms with Gasteiger partial charge in [0.05, 0.1) is 17.4 Å². The lowest BCUT2D eigenvalue weighted by Crippen LogP contribution is -2.74. The molecule has 2 aromatic carbocycles. The molecule has 5 atom stereocenters. The van der Waals surface area contributed by atoms with E-state index in [1.54, 1.807) is 57.2 Å². The molecule has 2 heterocycles. The van der Waals surface area contributed by atoms with E-state index in [2.05, 4.69) is 29.4 Å². The van der Waals surface area contributed by atoms with Crippen LogP contribution in [0.4, 0.5) is 4.79 Å². The van der Waals surface area contributed by atoms with E-state index in [4.69, 9.17) is 18.9 Å². The van der Waals surface area contributed by atoms with Gasteiger partial charge in [0.15, 0.2) is 6.10 Å². The number of piperidine rings is 1. The predicted octanol–water partition coefficient (Wildman–Crippen LogP) is 4.02. The van der Waals surface area contributed by atoms with E-state index in [0.29, 0.717) is 24.2 Å². The minimum Gasteiger partial charge on any atom is -0.481 e. The highest BCUT2D eigenvalue weighted by atomic mass is 16.7. The first kappa shape index (κ1) is 30.1. The fourth-order valence-electron chi connectivity index (χ4n) is 7.42. The molecule has 10 heteroatoms. The molecule has 10 nitrogen and oxygen atoms in total. The van der Waals surface area contributed by atoms with Gasteiger partial charge in [-0.1, -0.05) is 42.5 Å². The third-order valence-electron chi connectivity index (χ3n) is 9.38. The average Bonchev–Trinajstić information content (AvgIpc) is 3.32. The second-order valence-corrected chi connectivity index (χ2v) is 13.3. The summed E-state index contributed by atoms with van der Waals surface area (Å²) >= 11 is 0. The van der Waals surface area contributed by atoms with Crippen LogP contribution in [0.3, 0.4) is 0 Å². The number of esters is 1. The Hall–Kier alpha value is -3.89. The zero-order chi connectivity index (χ0) is 31.4. The maximum absolute atomic E-state index is 13.1. The standard InChI is InChI=1S/C34H40N2O8/c1-20-11-12-22-19-24-34(40)15-13-23(29-33(34,16-18-36(24)5)26(22)27(20)42-29)41-25(37)14-17-35-30(38)28(21-9-7-6-8-10-21)43-31(39)44-32(2,3)4/h6-13,24,28-29,40H,14-19H2,1-5H3,(H,35,38)/t24-,28+,29+,33+,34-/m1/s1. The van der Waals surface area contributed by atoms with Gasteiger partial charge >= 0.3 is 12.1 Å². The summed E-state index contributed by atoms with van der Waals surface area (Å²) in [5, 5.41) is 15.0. The molecule has 0 aromatic heterocycles.